The van der Waals surface area contributed by atoms with E-state index in [0.717, 1.165) is 12.1 Å². The van der Waals surface area contributed by atoms with Crippen molar-refractivity contribution in [3.05, 3.63) is 35.4 Å². The smallest absolute Gasteiger partial charge is 0.223 e. The normalized spacial score (nSPS) is 20.1. The van der Waals surface area contributed by atoms with Crippen LogP contribution in [0.15, 0.2) is 18.2 Å². The number of carbonyl (C=O) groups is 1. The lowest BCUT2D eigenvalue weighted by atomic mass is 10.1. The molecule has 0 aliphatic carbocycles. The molecule has 1 atom stereocenters. The molecular weight excluding hydrogens is 226 g/mol. The molecule has 1 saturated heterocycles. The Morgan fingerprint density at radius 2 is 2.12 bits per heavy atom. The highest BCUT2D eigenvalue weighted by atomic mass is 19.2. The van der Waals surface area contributed by atoms with Gasteiger partial charge in [0.25, 0.3) is 0 Å². The summed E-state index contributed by atoms with van der Waals surface area (Å²) < 4.78 is 25.7. The van der Waals surface area contributed by atoms with Crippen LogP contribution in [0.2, 0.25) is 0 Å². The topological polar surface area (TPSA) is 46.3 Å². The van der Waals surface area contributed by atoms with E-state index < -0.39 is 11.6 Å². The number of carbonyl (C=O) groups excluding carboxylic acids is 1. The van der Waals surface area contributed by atoms with Crippen LogP contribution in [0.5, 0.6) is 0 Å². The Balaban J connectivity index is 2.06. The Labute approximate surface area is 98.2 Å². The monoisotopic (exact) mass is 240 g/mol. The summed E-state index contributed by atoms with van der Waals surface area (Å²) in [6, 6.07) is 3.69. The summed E-state index contributed by atoms with van der Waals surface area (Å²) in [5.41, 5.74) is 6.10. The summed E-state index contributed by atoms with van der Waals surface area (Å²) in [6.45, 7) is 1.38. The van der Waals surface area contributed by atoms with Gasteiger partial charge in [0.1, 0.15) is 0 Å². The van der Waals surface area contributed by atoms with Crippen molar-refractivity contribution in [2.75, 3.05) is 13.1 Å². The molecule has 1 aromatic rings. The Kier molecular flexibility index (Phi) is 3.38. The fourth-order valence-electron chi connectivity index (χ4n) is 2.02. The molecule has 1 aliphatic heterocycles. The van der Waals surface area contributed by atoms with Crippen LogP contribution in [0.25, 0.3) is 0 Å². The minimum absolute atomic E-state index is 0.0187. The molecule has 2 rings (SSSR count). The molecule has 1 aliphatic rings. The van der Waals surface area contributed by atoms with Crippen molar-refractivity contribution in [3.8, 4) is 0 Å². The highest BCUT2D eigenvalue weighted by molar-refractivity contribution is 5.78. The van der Waals surface area contributed by atoms with E-state index in [1.165, 1.54) is 6.07 Å². The third-order valence-corrected chi connectivity index (χ3v) is 2.99. The summed E-state index contributed by atoms with van der Waals surface area (Å²) in [4.78, 5) is 13.2. The fraction of sp³-hybridized carbons (Fsp3) is 0.417. The van der Waals surface area contributed by atoms with Crippen molar-refractivity contribution < 1.29 is 13.6 Å². The van der Waals surface area contributed by atoms with Gasteiger partial charge in [-0.25, -0.2) is 8.78 Å². The number of rotatable bonds is 3. The van der Waals surface area contributed by atoms with E-state index in [-0.39, 0.29) is 11.8 Å². The number of benzene rings is 1. The largest absolute Gasteiger partial charge is 0.338 e. The van der Waals surface area contributed by atoms with Crippen LogP contribution in [-0.4, -0.2) is 23.9 Å². The van der Waals surface area contributed by atoms with E-state index in [0.29, 0.717) is 31.6 Å². The summed E-state index contributed by atoms with van der Waals surface area (Å²) in [5, 5.41) is 0. The van der Waals surface area contributed by atoms with Crippen molar-refractivity contribution in [3.63, 3.8) is 0 Å². The van der Waals surface area contributed by atoms with Crippen LogP contribution >= 0.6 is 0 Å². The number of nitrogens with two attached hydrogens (primary N) is 1. The summed E-state index contributed by atoms with van der Waals surface area (Å²) in [6.07, 6.45) is 0.445. The van der Waals surface area contributed by atoms with Crippen LogP contribution in [0.3, 0.4) is 0 Å². The Hall–Kier alpha value is -1.49. The Morgan fingerprint density at radius 3 is 2.71 bits per heavy atom. The first kappa shape index (κ1) is 12.0. The fourth-order valence-corrected chi connectivity index (χ4v) is 2.02. The van der Waals surface area contributed by atoms with Crippen LogP contribution in [-0.2, 0) is 11.3 Å². The summed E-state index contributed by atoms with van der Waals surface area (Å²) >= 11 is 0. The van der Waals surface area contributed by atoms with E-state index in [9.17, 15) is 13.6 Å². The highest BCUT2D eigenvalue weighted by Crippen LogP contribution is 2.19. The highest BCUT2D eigenvalue weighted by Gasteiger charge is 2.28. The zero-order valence-electron chi connectivity index (χ0n) is 9.33. The first-order valence-corrected chi connectivity index (χ1v) is 5.52. The molecule has 92 valence electrons. The van der Waals surface area contributed by atoms with Gasteiger partial charge in [-0.3, -0.25) is 4.79 Å². The maximum atomic E-state index is 13.0. The zero-order chi connectivity index (χ0) is 12.4. The third kappa shape index (κ3) is 2.61. The minimum Gasteiger partial charge on any atom is -0.338 e. The molecule has 1 amide bonds. The lowest BCUT2D eigenvalue weighted by Crippen LogP contribution is -2.25. The zero-order valence-corrected chi connectivity index (χ0v) is 9.33. The number of likely N-dealkylation sites (tertiary alicyclic amines) is 1. The molecule has 1 unspecified atom stereocenters. The maximum Gasteiger partial charge on any atom is 0.223 e. The molecule has 0 radical (unpaired) electrons. The van der Waals surface area contributed by atoms with Gasteiger partial charge in [0, 0.05) is 19.5 Å². The van der Waals surface area contributed by atoms with Crippen LogP contribution < -0.4 is 5.73 Å². The van der Waals surface area contributed by atoms with Crippen molar-refractivity contribution in [1.82, 2.24) is 4.90 Å². The number of nitrogens with zero attached hydrogens (tertiary/aromatic N) is 1. The van der Waals surface area contributed by atoms with Crippen molar-refractivity contribution in [1.29, 1.82) is 0 Å². The number of amides is 1. The van der Waals surface area contributed by atoms with E-state index in [1.807, 2.05) is 0 Å². The average molecular weight is 240 g/mol. The number of halogens is 2. The Morgan fingerprint density at radius 1 is 1.35 bits per heavy atom. The maximum absolute atomic E-state index is 13.0. The van der Waals surface area contributed by atoms with Gasteiger partial charge in [0.15, 0.2) is 11.6 Å². The van der Waals surface area contributed by atoms with Gasteiger partial charge < -0.3 is 10.6 Å². The molecule has 3 nitrogen and oxygen atoms in total. The predicted octanol–water partition coefficient (Wildman–Crippen LogP) is 1.27. The summed E-state index contributed by atoms with van der Waals surface area (Å²) in [5.74, 6) is -1.57. The standard InChI is InChI=1S/C12H14F2N2O/c13-10-2-1-8(3-11(10)14)6-16-7-9(5-15)4-12(16)17/h1-3,9H,4-7,15H2. The van der Waals surface area contributed by atoms with Crippen LogP contribution in [0.1, 0.15) is 12.0 Å². The van der Waals surface area contributed by atoms with Crippen molar-refractivity contribution >= 4 is 5.91 Å². The van der Waals surface area contributed by atoms with E-state index in [1.54, 1.807) is 4.90 Å². The van der Waals surface area contributed by atoms with E-state index >= 15 is 0 Å². The second kappa shape index (κ2) is 4.79. The van der Waals surface area contributed by atoms with Crippen LogP contribution in [0, 0.1) is 17.6 Å². The van der Waals surface area contributed by atoms with Crippen molar-refractivity contribution in [2.24, 2.45) is 11.7 Å². The van der Waals surface area contributed by atoms with Gasteiger partial charge in [-0.2, -0.15) is 0 Å². The van der Waals surface area contributed by atoms with E-state index in [2.05, 4.69) is 0 Å². The lowest BCUT2D eigenvalue weighted by molar-refractivity contribution is -0.128. The molecule has 1 aromatic carbocycles. The molecule has 0 spiro atoms. The number of hydrogen-bond donors (Lipinski definition) is 1. The van der Waals surface area contributed by atoms with Gasteiger partial charge >= 0.3 is 0 Å². The number of hydrogen-bond acceptors (Lipinski definition) is 2. The van der Waals surface area contributed by atoms with Crippen LogP contribution in [0.4, 0.5) is 8.78 Å². The molecule has 1 fully saturated rings. The lowest BCUT2D eigenvalue weighted by Gasteiger charge is -2.16. The summed E-state index contributed by atoms with van der Waals surface area (Å²) in [7, 11) is 0. The second-order valence-electron chi connectivity index (χ2n) is 4.33. The third-order valence-electron chi connectivity index (χ3n) is 2.99. The quantitative estimate of drug-likeness (QED) is 0.864. The molecular formula is C12H14F2N2O. The second-order valence-corrected chi connectivity index (χ2v) is 4.33. The van der Waals surface area contributed by atoms with E-state index in [4.69, 9.17) is 5.73 Å². The SMILES string of the molecule is NCC1CC(=O)N(Cc2ccc(F)c(F)c2)C1. The van der Waals surface area contributed by atoms with Gasteiger partial charge in [-0.1, -0.05) is 6.07 Å². The molecule has 0 saturated carbocycles. The van der Waals surface area contributed by atoms with Gasteiger partial charge in [-0.05, 0) is 30.2 Å². The molecule has 1 heterocycles. The van der Waals surface area contributed by atoms with Crippen molar-refractivity contribution in [2.45, 2.75) is 13.0 Å². The molecule has 0 aromatic heterocycles. The molecule has 5 heteroatoms. The van der Waals surface area contributed by atoms with Gasteiger partial charge in [-0.15, -0.1) is 0 Å². The first-order valence-electron chi connectivity index (χ1n) is 5.52. The Bertz CT molecular complexity index is 437. The minimum atomic E-state index is -0.885. The average Bonchev–Trinajstić information content (AvgIpc) is 2.65. The molecule has 2 N–H and O–H groups in total. The predicted molar refractivity (Wildman–Crippen MR) is 58.9 cm³/mol. The first-order chi connectivity index (χ1) is 8.10. The van der Waals surface area contributed by atoms with Gasteiger partial charge in [0.05, 0.1) is 0 Å². The molecule has 17 heavy (non-hydrogen) atoms. The molecule has 0 bridgehead atoms. The van der Waals surface area contributed by atoms with Gasteiger partial charge in [0.2, 0.25) is 5.91 Å².